The van der Waals surface area contributed by atoms with Crippen LogP contribution in [0, 0.1) is 0 Å². The van der Waals surface area contributed by atoms with Crippen molar-refractivity contribution in [3.8, 4) is 0 Å². The van der Waals surface area contributed by atoms with Crippen LogP contribution in [-0.2, 0) is 14.3 Å². The van der Waals surface area contributed by atoms with Gasteiger partial charge in [0.15, 0.2) is 0 Å². The molecule has 0 atom stereocenters. The number of hydrogen-bond donors (Lipinski definition) is 2. The standard InChI is InChI=1S/C5H8O4.CH4S/c1-9-5(8)3-2-4(6)7;1-2/h2-3H2,1H3,(H,6,7);2H,1H3. The second kappa shape index (κ2) is 9.29. The Balaban J connectivity index is 0. The van der Waals surface area contributed by atoms with Crippen molar-refractivity contribution in [2.45, 2.75) is 12.8 Å². The van der Waals surface area contributed by atoms with Crippen LogP contribution in [0.2, 0.25) is 0 Å². The molecule has 0 amide bonds. The number of methoxy groups -OCH3 is 1. The molecule has 0 radical (unpaired) electrons. The van der Waals surface area contributed by atoms with Crippen LogP contribution in [0.4, 0.5) is 0 Å². The molecule has 5 heteroatoms. The first-order chi connectivity index (χ1) is 5.16. The smallest absolute Gasteiger partial charge is 0.306 e. The van der Waals surface area contributed by atoms with E-state index in [1.54, 1.807) is 6.26 Å². The number of aliphatic carboxylic acids is 1. The van der Waals surface area contributed by atoms with Gasteiger partial charge in [-0.25, -0.2) is 0 Å². The van der Waals surface area contributed by atoms with Crippen LogP contribution < -0.4 is 0 Å². The van der Waals surface area contributed by atoms with Crippen LogP contribution in [0.25, 0.3) is 0 Å². The highest BCUT2D eigenvalue weighted by Crippen LogP contribution is 1.89. The lowest BCUT2D eigenvalue weighted by molar-refractivity contribution is -0.145. The van der Waals surface area contributed by atoms with Gasteiger partial charge in [0.05, 0.1) is 20.0 Å². The highest BCUT2D eigenvalue weighted by Gasteiger charge is 2.02. The first kappa shape index (κ1) is 12.9. The van der Waals surface area contributed by atoms with Crippen molar-refractivity contribution in [2.24, 2.45) is 0 Å². The van der Waals surface area contributed by atoms with Crippen LogP contribution >= 0.6 is 12.6 Å². The van der Waals surface area contributed by atoms with E-state index in [9.17, 15) is 9.59 Å². The van der Waals surface area contributed by atoms with Crippen molar-refractivity contribution < 1.29 is 19.4 Å². The van der Waals surface area contributed by atoms with E-state index in [0.29, 0.717) is 0 Å². The Labute approximate surface area is 71.0 Å². The van der Waals surface area contributed by atoms with Crippen LogP contribution in [0.1, 0.15) is 12.8 Å². The maximum absolute atomic E-state index is 10.2. The summed E-state index contributed by atoms with van der Waals surface area (Å²) in [5.74, 6) is -1.47. The molecule has 0 rings (SSSR count). The normalized spacial score (nSPS) is 7.55. The minimum absolute atomic E-state index is 0.0498. The Hall–Kier alpha value is -0.710. The first-order valence-electron chi connectivity index (χ1n) is 2.90. The summed E-state index contributed by atoms with van der Waals surface area (Å²) < 4.78 is 4.20. The lowest BCUT2D eigenvalue weighted by atomic mass is 10.3. The first-order valence-corrected chi connectivity index (χ1v) is 3.79. The molecule has 1 N–H and O–H groups in total. The molecule has 0 aliphatic rings. The van der Waals surface area contributed by atoms with E-state index in [1.165, 1.54) is 7.11 Å². The van der Waals surface area contributed by atoms with E-state index in [1.807, 2.05) is 0 Å². The van der Waals surface area contributed by atoms with Crippen LogP contribution in [0.5, 0.6) is 0 Å². The number of carbonyl (C=O) groups excluding carboxylic acids is 1. The Morgan fingerprint density at radius 3 is 2.09 bits per heavy atom. The molecule has 0 unspecified atom stereocenters. The van der Waals surface area contributed by atoms with Crippen molar-refractivity contribution in [3.05, 3.63) is 0 Å². The number of ether oxygens (including phenoxy) is 1. The fourth-order valence-corrected chi connectivity index (χ4v) is 0.311. The largest absolute Gasteiger partial charge is 0.481 e. The van der Waals surface area contributed by atoms with Gasteiger partial charge in [0.25, 0.3) is 0 Å². The zero-order valence-electron chi connectivity index (χ0n) is 6.53. The molecule has 4 nitrogen and oxygen atoms in total. The molecule has 0 aliphatic carbocycles. The number of rotatable bonds is 3. The number of carboxylic acid groups (broad SMARTS) is 1. The molecule has 0 saturated heterocycles. The van der Waals surface area contributed by atoms with Gasteiger partial charge in [-0.3, -0.25) is 9.59 Å². The van der Waals surface area contributed by atoms with Gasteiger partial charge < -0.3 is 9.84 Å². The van der Waals surface area contributed by atoms with Gasteiger partial charge in [0.2, 0.25) is 0 Å². The molecule has 66 valence electrons. The molecule has 0 aromatic heterocycles. The quantitative estimate of drug-likeness (QED) is 0.492. The summed E-state index contributed by atoms with van der Waals surface area (Å²) in [6.45, 7) is 0. The second-order valence-corrected chi connectivity index (χ2v) is 1.47. The maximum Gasteiger partial charge on any atom is 0.306 e. The summed E-state index contributed by atoms with van der Waals surface area (Å²) in [4.78, 5) is 20.0. The number of carboxylic acids is 1. The Morgan fingerprint density at radius 1 is 1.36 bits per heavy atom. The van der Waals surface area contributed by atoms with Gasteiger partial charge in [-0.1, -0.05) is 0 Å². The van der Waals surface area contributed by atoms with E-state index in [0.717, 1.165) is 0 Å². The van der Waals surface area contributed by atoms with Crippen LogP contribution in [-0.4, -0.2) is 30.4 Å². The molecule has 0 aromatic carbocycles. The lowest BCUT2D eigenvalue weighted by Crippen LogP contribution is -2.04. The summed E-state index contributed by atoms with van der Waals surface area (Å²) >= 11 is 3.53. The third-order valence-electron chi connectivity index (χ3n) is 0.771. The van der Waals surface area contributed by atoms with E-state index in [2.05, 4.69) is 17.4 Å². The molecule has 0 aliphatic heterocycles. The van der Waals surface area contributed by atoms with Gasteiger partial charge in [0, 0.05) is 0 Å². The third-order valence-corrected chi connectivity index (χ3v) is 0.771. The Bertz CT molecular complexity index is 124. The van der Waals surface area contributed by atoms with Gasteiger partial charge >= 0.3 is 11.9 Å². The Kier molecular flexibility index (Phi) is 10.9. The highest BCUT2D eigenvalue weighted by atomic mass is 32.1. The molecule has 0 bridgehead atoms. The topological polar surface area (TPSA) is 63.6 Å². The van der Waals surface area contributed by atoms with E-state index >= 15 is 0 Å². The summed E-state index contributed by atoms with van der Waals surface area (Å²) in [7, 11) is 1.23. The zero-order chi connectivity index (χ0) is 9.28. The number of hydrogen-bond acceptors (Lipinski definition) is 4. The number of thiol groups is 1. The lowest BCUT2D eigenvalue weighted by Gasteiger charge is -1.92. The highest BCUT2D eigenvalue weighted by molar-refractivity contribution is 7.79. The summed E-state index contributed by atoms with van der Waals surface area (Å²) in [5.41, 5.74) is 0. The van der Waals surface area contributed by atoms with Crippen LogP contribution in [0.15, 0.2) is 0 Å². The van der Waals surface area contributed by atoms with E-state index in [-0.39, 0.29) is 12.8 Å². The summed E-state index contributed by atoms with van der Waals surface area (Å²) in [6.07, 6.45) is 1.48. The maximum atomic E-state index is 10.2. The van der Waals surface area contributed by atoms with Crippen molar-refractivity contribution in [3.63, 3.8) is 0 Å². The molecule has 0 aromatic rings. The number of esters is 1. The fourth-order valence-electron chi connectivity index (χ4n) is 0.311. The predicted molar refractivity (Wildman–Crippen MR) is 43.8 cm³/mol. The summed E-state index contributed by atoms with van der Waals surface area (Å²) in [5, 5.41) is 8.05. The number of carbonyl (C=O) groups is 2. The van der Waals surface area contributed by atoms with Crippen molar-refractivity contribution in [1.29, 1.82) is 0 Å². The van der Waals surface area contributed by atoms with Gasteiger partial charge in [0.1, 0.15) is 0 Å². The molecule has 0 fully saturated rings. The zero-order valence-corrected chi connectivity index (χ0v) is 7.43. The van der Waals surface area contributed by atoms with Crippen molar-refractivity contribution in [2.75, 3.05) is 13.4 Å². The Morgan fingerprint density at radius 2 is 1.82 bits per heavy atom. The molecule has 0 heterocycles. The van der Waals surface area contributed by atoms with Crippen molar-refractivity contribution >= 4 is 24.6 Å². The van der Waals surface area contributed by atoms with E-state index in [4.69, 9.17) is 5.11 Å². The molecule has 0 saturated carbocycles. The molecule has 0 spiro atoms. The van der Waals surface area contributed by atoms with Gasteiger partial charge in [-0.15, -0.1) is 0 Å². The fraction of sp³-hybridized carbons (Fsp3) is 0.667. The molecular formula is C6H12O4S. The predicted octanol–water partition coefficient (Wildman–Crippen LogP) is 0.570. The molecule has 11 heavy (non-hydrogen) atoms. The monoisotopic (exact) mass is 180 g/mol. The SMILES string of the molecule is COC(=O)CCC(=O)O.CS. The molecular weight excluding hydrogens is 168 g/mol. The summed E-state index contributed by atoms with van der Waals surface area (Å²) in [6, 6.07) is 0. The van der Waals surface area contributed by atoms with Crippen LogP contribution in [0.3, 0.4) is 0 Å². The van der Waals surface area contributed by atoms with E-state index < -0.39 is 11.9 Å². The minimum atomic E-state index is -0.986. The average molecular weight is 180 g/mol. The van der Waals surface area contributed by atoms with Crippen molar-refractivity contribution in [1.82, 2.24) is 0 Å². The average Bonchev–Trinajstić information content (AvgIpc) is 2.04. The van der Waals surface area contributed by atoms with Gasteiger partial charge in [-0.05, 0) is 6.26 Å². The third kappa shape index (κ3) is 12.5. The van der Waals surface area contributed by atoms with Gasteiger partial charge in [-0.2, -0.15) is 12.6 Å². The minimum Gasteiger partial charge on any atom is -0.481 e. The second-order valence-electron chi connectivity index (χ2n) is 1.47.